The van der Waals surface area contributed by atoms with Gasteiger partial charge < -0.3 is 27.3 Å². The van der Waals surface area contributed by atoms with Gasteiger partial charge in [-0.3, -0.25) is 18.9 Å². The molecule has 17 heteroatoms. The Labute approximate surface area is 236 Å². The summed E-state index contributed by atoms with van der Waals surface area (Å²) < 4.78 is 71.1. The molecule has 41 heavy (non-hydrogen) atoms. The lowest BCUT2D eigenvalue weighted by Gasteiger charge is -2.12. The third kappa shape index (κ3) is 9.47. The number of rotatable bonds is 13. The van der Waals surface area contributed by atoms with Crippen LogP contribution in [0.25, 0.3) is 10.8 Å². The van der Waals surface area contributed by atoms with Gasteiger partial charge in [-0.1, -0.05) is 6.07 Å². The van der Waals surface area contributed by atoms with Crippen molar-refractivity contribution in [2.24, 2.45) is 32.4 Å². The van der Waals surface area contributed by atoms with Crippen LogP contribution in [0.15, 0.2) is 79.6 Å². The summed E-state index contributed by atoms with van der Waals surface area (Å²) >= 11 is 0. The third-order valence-corrected chi connectivity index (χ3v) is 7.26. The number of carbonyl (C=O) groups excluding carboxylic acids is 1. The smallest absolute Gasteiger partial charge is 0.295 e. The second-order valence-electron chi connectivity index (χ2n) is 8.67. The Morgan fingerprint density at radius 2 is 1.59 bits per heavy atom. The molecule has 3 aromatic rings. The summed E-state index contributed by atoms with van der Waals surface area (Å²) in [6.45, 7) is 0.823. The number of nitrogens with zero attached hydrogens (tertiary/aromatic N) is 3. The van der Waals surface area contributed by atoms with E-state index in [0.717, 1.165) is 6.07 Å². The van der Waals surface area contributed by atoms with Gasteiger partial charge in [0, 0.05) is 11.9 Å². The van der Waals surface area contributed by atoms with Gasteiger partial charge in [0.1, 0.15) is 17.3 Å². The topological polar surface area (TPSA) is 262 Å². The van der Waals surface area contributed by atoms with E-state index in [4.69, 9.17) is 21.9 Å². The van der Waals surface area contributed by atoms with E-state index in [1.165, 1.54) is 18.2 Å². The highest BCUT2D eigenvalue weighted by Gasteiger charge is 2.20. The Hall–Kier alpha value is -4.16. The van der Waals surface area contributed by atoms with Crippen molar-refractivity contribution >= 4 is 54.3 Å². The van der Waals surface area contributed by atoms with Crippen LogP contribution < -0.4 is 27.3 Å². The summed E-state index contributed by atoms with van der Waals surface area (Å²) in [6.07, 6.45) is 0.993. The molecule has 1 atom stereocenters. The number of carbonyl (C=O) groups is 1. The Morgan fingerprint density at radius 1 is 0.927 bits per heavy atom. The number of ether oxygens (including phenoxy) is 1. The van der Waals surface area contributed by atoms with Gasteiger partial charge >= 0.3 is 0 Å². The highest BCUT2D eigenvalue weighted by Crippen LogP contribution is 2.31. The van der Waals surface area contributed by atoms with E-state index in [1.807, 2.05) is 0 Å². The molecule has 220 valence electrons. The number of hydrogen-bond donors (Lipinski definition) is 6. The molecule has 0 saturated carbocycles. The van der Waals surface area contributed by atoms with Crippen molar-refractivity contribution in [3.8, 4) is 5.75 Å². The molecule has 0 unspecified atom stereocenters. The van der Waals surface area contributed by atoms with E-state index in [-0.39, 0.29) is 41.5 Å². The number of aliphatic imine (C=N–C) groups is 1. The third-order valence-electron chi connectivity index (χ3n) is 5.54. The van der Waals surface area contributed by atoms with Crippen molar-refractivity contribution in [1.82, 2.24) is 5.32 Å². The molecule has 9 N–H and O–H groups in total. The second-order valence-corrected chi connectivity index (χ2v) is 11.5. The van der Waals surface area contributed by atoms with Crippen molar-refractivity contribution in [2.45, 2.75) is 28.7 Å². The lowest BCUT2D eigenvalue weighted by molar-refractivity contribution is -0.122. The quantitative estimate of drug-likeness (QED) is 0.0534. The Kier molecular flexibility index (Phi) is 10.3. The van der Waals surface area contributed by atoms with Gasteiger partial charge in [-0.25, -0.2) is 0 Å². The average Bonchev–Trinajstić information content (AvgIpc) is 2.90. The minimum absolute atomic E-state index is 0.0144. The van der Waals surface area contributed by atoms with E-state index < -0.39 is 36.1 Å². The van der Waals surface area contributed by atoms with Gasteiger partial charge in [0.15, 0.2) is 5.96 Å². The molecule has 1 amide bonds. The molecular weight excluding hydrogens is 578 g/mol. The number of guanidine groups is 1. The highest BCUT2D eigenvalue weighted by molar-refractivity contribution is 7.86. The average molecular weight is 608 g/mol. The van der Waals surface area contributed by atoms with Gasteiger partial charge in [0.05, 0.1) is 28.9 Å². The van der Waals surface area contributed by atoms with Gasteiger partial charge in [0.25, 0.3) is 20.2 Å². The summed E-state index contributed by atoms with van der Waals surface area (Å²) in [4.78, 5) is 14.5. The Balaban J connectivity index is 1.58. The molecule has 0 aliphatic carbocycles. The van der Waals surface area contributed by atoms with Gasteiger partial charge in [0.2, 0.25) is 5.91 Å². The Morgan fingerprint density at radius 3 is 2.22 bits per heavy atom. The van der Waals surface area contributed by atoms with Crippen LogP contribution in [-0.4, -0.2) is 63.5 Å². The molecular formula is C24H29N7O8S2. The summed E-state index contributed by atoms with van der Waals surface area (Å²) in [5.74, 6) is 0.187. The Bertz CT molecular complexity index is 1670. The number of nitrogens with one attached hydrogen (secondary N) is 1. The van der Waals surface area contributed by atoms with Crippen LogP contribution in [0.3, 0.4) is 0 Å². The van der Waals surface area contributed by atoms with Crippen molar-refractivity contribution in [3.05, 3.63) is 54.6 Å². The minimum atomic E-state index is -4.79. The molecule has 0 radical (unpaired) electrons. The van der Waals surface area contributed by atoms with Crippen LogP contribution in [0.4, 0.5) is 11.4 Å². The van der Waals surface area contributed by atoms with Crippen LogP contribution in [0.1, 0.15) is 12.8 Å². The van der Waals surface area contributed by atoms with Crippen molar-refractivity contribution in [1.29, 1.82) is 0 Å². The molecule has 3 rings (SSSR count). The molecule has 3 aromatic carbocycles. The zero-order chi connectivity index (χ0) is 30.2. The van der Waals surface area contributed by atoms with E-state index in [0.29, 0.717) is 36.9 Å². The molecule has 15 nitrogen and oxygen atoms in total. The van der Waals surface area contributed by atoms with Gasteiger partial charge in [-0.2, -0.15) is 27.1 Å². The minimum Gasteiger partial charge on any atom is -0.492 e. The molecule has 0 aliphatic heterocycles. The molecule has 0 saturated heterocycles. The van der Waals surface area contributed by atoms with Gasteiger partial charge in [-0.15, -0.1) is 0 Å². The molecule has 0 bridgehead atoms. The van der Waals surface area contributed by atoms with Crippen LogP contribution in [0.2, 0.25) is 0 Å². The standard InChI is InChI=1S/C24H29N7O8S2/c25-21(2-1-9-29-24(26)27)23(32)28-10-11-39-18-6-3-16(4-7-18)30-31-17-5-8-20-15(12-17)13-19(40(33,34)35)14-22(20)41(36,37)38/h3-8,12-14,21H,1-2,9-11,25H2,(H,28,32)(H4,26,27,29)(H,33,34,35)(H,36,37,38)/t21-/m0/s1. The fourth-order valence-corrected chi connectivity index (χ4v) is 4.93. The fraction of sp³-hybridized carbons (Fsp3) is 0.250. The van der Waals surface area contributed by atoms with Crippen LogP contribution >= 0.6 is 0 Å². The first-order valence-corrected chi connectivity index (χ1v) is 14.9. The SMILES string of the molecule is NC(N)=NCCC[C@H](N)C(=O)NCCOc1ccc(N=Nc2ccc3c(S(=O)(=O)O)cc(S(=O)(=O)O)cc3c2)cc1. The molecule has 0 fully saturated rings. The summed E-state index contributed by atoms with van der Waals surface area (Å²) in [5, 5.41) is 11.0. The zero-order valence-corrected chi connectivity index (χ0v) is 23.2. The highest BCUT2D eigenvalue weighted by atomic mass is 32.2. The largest absolute Gasteiger partial charge is 0.492 e. The first-order chi connectivity index (χ1) is 19.2. The van der Waals surface area contributed by atoms with Crippen molar-refractivity contribution in [2.75, 3.05) is 19.7 Å². The normalized spacial score (nSPS) is 12.8. The molecule has 0 spiro atoms. The maximum Gasteiger partial charge on any atom is 0.295 e. The first-order valence-electron chi connectivity index (χ1n) is 12.0. The number of fused-ring (bicyclic) bond motifs is 1. The van der Waals surface area contributed by atoms with E-state index in [2.05, 4.69) is 20.5 Å². The number of benzene rings is 3. The number of azo groups is 1. The number of hydrogen-bond acceptors (Lipinski definition) is 10. The predicted octanol–water partition coefficient (Wildman–Crippen LogP) is 1.62. The molecule has 0 aromatic heterocycles. The summed E-state index contributed by atoms with van der Waals surface area (Å²) in [6, 6.07) is 11.7. The zero-order valence-electron chi connectivity index (χ0n) is 21.5. The summed E-state index contributed by atoms with van der Waals surface area (Å²) in [7, 11) is -9.54. The fourth-order valence-electron chi connectivity index (χ4n) is 3.57. The van der Waals surface area contributed by atoms with Crippen molar-refractivity contribution in [3.63, 3.8) is 0 Å². The molecule has 0 aliphatic rings. The van der Waals surface area contributed by atoms with E-state index in [9.17, 15) is 30.7 Å². The maximum absolute atomic E-state index is 12.0. The lowest BCUT2D eigenvalue weighted by Crippen LogP contribution is -2.42. The first kappa shape index (κ1) is 31.4. The number of amides is 1. The maximum atomic E-state index is 12.0. The van der Waals surface area contributed by atoms with Gasteiger partial charge in [-0.05, 0) is 66.8 Å². The van der Waals surface area contributed by atoms with E-state index >= 15 is 0 Å². The monoisotopic (exact) mass is 607 g/mol. The van der Waals surface area contributed by atoms with Crippen LogP contribution in [0, 0.1) is 0 Å². The number of nitrogens with two attached hydrogens (primary N) is 3. The summed E-state index contributed by atoms with van der Waals surface area (Å²) in [5.41, 5.74) is 17.0. The van der Waals surface area contributed by atoms with Crippen LogP contribution in [0.5, 0.6) is 5.75 Å². The predicted molar refractivity (Wildman–Crippen MR) is 151 cm³/mol. The second kappa shape index (κ2) is 13.5. The van der Waals surface area contributed by atoms with Crippen LogP contribution in [-0.2, 0) is 25.0 Å². The van der Waals surface area contributed by atoms with E-state index in [1.54, 1.807) is 24.3 Å². The van der Waals surface area contributed by atoms with Crippen molar-refractivity contribution < 1.29 is 35.5 Å². The molecule has 0 heterocycles. The lowest BCUT2D eigenvalue weighted by atomic mass is 10.1.